The van der Waals surface area contributed by atoms with Crippen molar-refractivity contribution in [1.29, 1.82) is 0 Å². The van der Waals surface area contributed by atoms with E-state index in [1.54, 1.807) is 25.4 Å². The maximum Gasteiger partial charge on any atom is 0.265 e. The van der Waals surface area contributed by atoms with Crippen molar-refractivity contribution in [2.45, 2.75) is 26.3 Å². The summed E-state index contributed by atoms with van der Waals surface area (Å²) in [6, 6.07) is 5.07. The number of nitrogens with zero attached hydrogens (tertiary/aromatic N) is 2. The van der Waals surface area contributed by atoms with Gasteiger partial charge in [-0.1, -0.05) is 0 Å². The molecule has 3 rings (SSSR count). The highest BCUT2D eigenvalue weighted by atomic mass is 32.1. The number of Topliss-reactive ketones (excluding diaryl/α,β-unsaturated/α-hetero) is 1. The summed E-state index contributed by atoms with van der Waals surface area (Å²) in [6.07, 6.45) is 0.765. The fraction of sp³-hybridized carbons (Fsp3) is 0.389. The third kappa shape index (κ3) is 3.57. The zero-order chi connectivity index (χ0) is 18.0. The number of aromatic nitrogens is 1. The number of ether oxygens (including phenoxy) is 2. The van der Waals surface area contributed by atoms with E-state index in [2.05, 4.69) is 4.98 Å². The highest BCUT2D eigenvalue weighted by molar-refractivity contribution is 7.09. The third-order valence-corrected chi connectivity index (χ3v) is 5.09. The van der Waals surface area contributed by atoms with Gasteiger partial charge in [-0.3, -0.25) is 14.5 Å². The van der Waals surface area contributed by atoms with E-state index in [9.17, 15) is 9.59 Å². The van der Waals surface area contributed by atoms with E-state index in [4.69, 9.17) is 9.47 Å². The van der Waals surface area contributed by atoms with Crippen LogP contribution in [0.5, 0.6) is 5.75 Å². The fourth-order valence-electron chi connectivity index (χ4n) is 2.68. The van der Waals surface area contributed by atoms with Crippen LogP contribution >= 0.6 is 11.3 Å². The quantitative estimate of drug-likeness (QED) is 0.792. The lowest BCUT2D eigenvalue weighted by molar-refractivity contribution is -0.125. The molecule has 0 saturated carbocycles. The number of hydrogen-bond donors (Lipinski definition) is 0. The average molecular weight is 360 g/mol. The molecule has 0 aliphatic carbocycles. The highest BCUT2D eigenvalue weighted by Gasteiger charge is 2.31. The number of benzene rings is 1. The maximum absolute atomic E-state index is 12.3. The zero-order valence-corrected chi connectivity index (χ0v) is 15.3. The molecule has 1 atom stereocenters. The summed E-state index contributed by atoms with van der Waals surface area (Å²) in [6.45, 7) is 3.79. The van der Waals surface area contributed by atoms with Crippen LogP contribution in [0.2, 0.25) is 0 Å². The van der Waals surface area contributed by atoms with Gasteiger partial charge in [0.15, 0.2) is 12.4 Å². The van der Waals surface area contributed by atoms with E-state index < -0.39 is 6.04 Å². The highest BCUT2D eigenvalue weighted by Crippen LogP contribution is 2.37. The van der Waals surface area contributed by atoms with Gasteiger partial charge in [0.2, 0.25) is 0 Å². The van der Waals surface area contributed by atoms with E-state index in [-0.39, 0.29) is 18.3 Å². The maximum atomic E-state index is 12.3. The first-order chi connectivity index (χ1) is 12.0. The first-order valence-electron chi connectivity index (χ1n) is 8.04. The van der Waals surface area contributed by atoms with Crippen LogP contribution in [0.25, 0.3) is 11.3 Å². The summed E-state index contributed by atoms with van der Waals surface area (Å²) in [4.78, 5) is 30.2. The van der Waals surface area contributed by atoms with Crippen molar-refractivity contribution in [1.82, 2.24) is 4.98 Å². The molecular weight excluding hydrogens is 340 g/mol. The Balaban J connectivity index is 1.96. The minimum absolute atomic E-state index is 0.0537. The monoisotopic (exact) mass is 360 g/mol. The minimum atomic E-state index is -0.530. The Morgan fingerprint density at radius 2 is 2.28 bits per heavy atom. The van der Waals surface area contributed by atoms with Crippen molar-refractivity contribution in [3.05, 3.63) is 28.6 Å². The third-order valence-electron chi connectivity index (χ3n) is 4.18. The van der Waals surface area contributed by atoms with Crippen LogP contribution in [0.15, 0.2) is 23.6 Å². The molecule has 1 aliphatic heterocycles. The van der Waals surface area contributed by atoms with Gasteiger partial charge in [0.05, 0.1) is 29.0 Å². The Morgan fingerprint density at radius 1 is 1.48 bits per heavy atom. The Bertz CT molecular complexity index is 802. The molecule has 132 valence electrons. The first-order valence-corrected chi connectivity index (χ1v) is 8.92. The fourth-order valence-corrected chi connectivity index (χ4v) is 3.47. The van der Waals surface area contributed by atoms with E-state index in [1.807, 2.05) is 23.6 Å². The molecule has 1 aromatic heterocycles. The summed E-state index contributed by atoms with van der Waals surface area (Å²) < 4.78 is 10.6. The molecule has 0 fully saturated rings. The van der Waals surface area contributed by atoms with Gasteiger partial charge >= 0.3 is 0 Å². The number of methoxy groups -OCH3 is 1. The van der Waals surface area contributed by atoms with Crippen LogP contribution in [-0.2, 0) is 20.7 Å². The Kier molecular flexibility index (Phi) is 5.15. The second-order valence-corrected chi connectivity index (χ2v) is 6.83. The van der Waals surface area contributed by atoms with E-state index in [0.29, 0.717) is 18.0 Å². The lowest BCUT2D eigenvalue weighted by Crippen LogP contribution is -2.47. The number of carbonyl (C=O) groups is 2. The van der Waals surface area contributed by atoms with Crippen LogP contribution in [0.1, 0.15) is 18.9 Å². The van der Waals surface area contributed by atoms with Gasteiger partial charge in [0.1, 0.15) is 5.75 Å². The first kappa shape index (κ1) is 17.6. The van der Waals surface area contributed by atoms with E-state index in [0.717, 1.165) is 22.7 Å². The normalized spacial score (nSPS) is 14.8. The van der Waals surface area contributed by atoms with Crippen LogP contribution < -0.4 is 9.64 Å². The molecule has 1 amide bonds. The van der Waals surface area contributed by atoms with E-state index in [1.165, 1.54) is 11.8 Å². The SMILES string of the molecule is COCCc1nc(-c2ccc3c(c2)N(C(C)C(C)=O)C(=O)CO3)cs1. The van der Waals surface area contributed by atoms with Crippen molar-refractivity contribution in [3.63, 3.8) is 0 Å². The van der Waals surface area contributed by atoms with E-state index >= 15 is 0 Å². The van der Waals surface area contributed by atoms with Crippen molar-refractivity contribution in [3.8, 4) is 17.0 Å². The van der Waals surface area contributed by atoms with Gasteiger partial charge in [-0.15, -0.1) is 11.3 Å². The standard InChI is InChI=1S/C18H20N2O4S/c1-11(12(2)21)20-15-8-13(4-5-16(15)24-9-18(20)22)14-10-25-17(19-14)6-7-23-3/h4-5,8,10-11H,6-7,9H2,1-3H3. The molecule has 1 unspecified atom stereocenters. The second-order valence-electron chi connectivity index (χ2n) is 5.89. The lowest BCUT2D eigenvalue weighted by atomic mass is 10.1. The van der Waals surface area contributed by atoms with Gasteiger partial charge < -0.3 is 9.47 Å². The number of carbonyl (C=O) groups excluding carboxylic acids is 2. The molecule has 2 aromatic rings. The molecule has 0 saturated heterocycles. The number of hydrogen-bond acceptors (Lipinski definition) is 6. The molecule has 1 aliphatic rings. The minimum Gasteiger partial charge on any atom is -0.482 e. The van der Waals surface area contributed by atoms with Crippen molar-refractivity contribution in [2.75, 3.05) is 25.2 Å². The molecule has 6 nitrogen and oxygen atoms in total. The number of anilines is 1. The van der Waals surface area contributed by atoms with Gasteiger partial charge in [-0.2, -0.15) is 0 Å². The number of ketones is 1. The lowest BCUT2D eigenvalue weighted by Gasteiger charge is -2.33. The molecule has 0 bridgehead atoms. The second kappa shape index (κ2) is 7.33. The summed E-state index contributed by atoms with van der Waals surface area (Å²) in [5, 5.41) is 2.98. The van der Waals surface area contributed by atoms with Crippen molar-refractivity contribution < 1.29 is 19.1 Å². The number of amides is 1. The summed E-state index contributed by atoms with van der Waals surface area (Å²) in [5.41, 5.74) is 2.34. The molecule has 25 heavy (non-hydrogen) atoms. The number of rotatable bonds is 6. The predicted octanol–water partition coefficient (Wildman–Crippen LogP) is 2.70. The van der Waals surface area contributed by atoms with Gasteiger partial charge in [-0.25, -0.2) is 4.98 Å². The molecule has 1 aromatic carbocycles. The van der Waals surface area contributed by atoms with Crippen LogP contribution in [-0.4, -0.2) is 43.0 Å². The van der Waals surface area contributed by atoms with Crippen molar-refractivity contribution in [2.24, 2.45) is 0 Å². The summed E-state index contributed by atoms with van der Waals surface area (Å²) >= 11 is 1.58. The van der Waals surface area contributed by atoms with Gasteiger partial charge in [-0.05, 0) is 32.0 Å². The zero-order valence-electron chi connectivity index (χ0n) is 14.4. The average Bonchev–Trinajstić information content (AvgIpc) is 3.07. The summed E-state index contributed by atoms with van der Waals surface area (Å²) in [7, 11) is 1.67. The molecule has 2 heterocycles. The van der Waals surface area contributed by atoms with Gasteiger partial charge in [0.25, 0.3) is 5.91 Å². The predicted molar refractivity (Wildman–Crippen MR) is 96.3 cm³/mol. The Hall–Kier alpha value is -2.25. The number of thiazole rings is 1. The molecule has 0 radical (unpaired) electrons. The number of fused-ring (bicyclic) bond motifs is 1. The molecular formula is C18H20N2O4S. The Morgan fingerprint density at radius 3 is 3.00 bits per heavy atom. The largest absolute Gasteiger partial charge is 0.482 e. The van der Waals surface area contributed by atoms with Gasteiger partial charge in [0, 0.05) is 24.5 Å². The van der Waals surface area contributed by atoms with Crippen LogP contribution in [0.3, 0.4) is 0 Å². The Labute approximate surface area is 150 Å². The molecule has 7 heteroatoms. The van der Waals surface area contributed by atoms with Crippen LogP contribution in [0.4, 0.5) is 5.69 Å². The van der Waals surface area contributed by atoms with Crippen LogP contribution in [0, 0.1) is 0 Å². The smallest absolute Gasteiger partial charge is 0.265 e. The van der Waals surface area contributed by atoms with Crippen molar-refractivity contribution >= 4 is 28.7 Å². The summed E-state index contributed by atoms with van der Waals surface area (Å²) in [5.74, 6) is 0.319. The molecule has 0 N–H and O–H groups in total. The molecule has 0 spiro atoms. The topological polar surface area (TPSA) is 68.7 Å².